The standard InChI is InChI=1S/C16H21ClN2O3/c1-10(11-5-3-2-4-6-11)16(21)22-19-15(20)13-8-7-12(17)9-14(13)18/h7-11H,2-6,18H2,1H3,(H,19,20)/t10-/m0/s1. The lowest BCUT2D eigenvalue weighted by atomic mass is 9.81. The molecule has 6 heteroatoms. The average molecular weight is 325 g/mol. The molecular weight excluding hydrogens is 304 g/mol. The van der Waals surface area contributed by atoms with Crippen LogP contribution in [-0.4, -0.2) is 11.9 Å². The normalized spacial score (nSPS) is 16.8. The average Bonchev–Trinajstić information content (AvgIpc) is 2.52. The van der Waals surface area contributed by atoms with E-state index in [9.17, 15) is 9.59 Å². The monoisotopic (exact) mass is 324 g/mol. The molecule has 1 fully saturated rings. The van der Waals surface area contributed by atoms with Gasteiger partial charge in [-0.15, -0.1) is 0 Å². The van der Waals surface area contributed by atoms with Gasteiger partial charge in [0.1, 0.15) is 0 Å². The van der Waals surface area contributed by atoms with Gasteiger partial charge in [0, 0.05) is 10.7 Å². The van der Waals surface area contributed by atoms with Gasteiger partial charge in [-0.3, -0.25) is 4.79 Å². The van der Waals surface area contributed by atoms with Crippen molar-refractivity contribution in [1.82, 2.24) is 5.48 Å². The Labute approximate surface area is 135 Å². The quantitative estimate of drug-likeness (QED) is 0.660. The third kappa shape index (κ3) is 4.13. The first-order chi connectivity index (χ1) is 10.5. The lowest BCUT2D eigenvalue weighted by molar-refractivity contribution is -0.155. The fourth-order valence-corrected chi connectivity index (χ4v) is 2.99. The third-order valence-corrected chi connectivity index (χ3v) is 4.47. The van der Waals surface area contributed by atoms with Crippen LogP contribution in [0.25, 0.3) is 0 Å². The Bertz CT molecular complexity index is 556. The van der Waals surface area contributed by atoms with Gasteiger partial charge in [0.2, 0.25) is 0 Å². The van der Waals surface area contributed by atoms with E-state index in [1.165, 1.54) is 18.6 Å². The summed E-state index contributed by atoms with van der Waals surface area (Å²) in [6, 6.07) is 4.52. The molecule has 0 bridgehead atoms. The molecule has 1 aromatic rings. The predicted octanol–water partition coefficient (Wildman–Crippen LogP) is 3.33. The van der Waals surface area contributed by atoms with Crippen LogP contribution in [0, 0.1) is 11.8 Å². The van der Waals surface area contributed by atoms with Crippen molar-refractivity contribution in [2.45, 2.75) is 39.0 Å². The van der Waals surface area contributed by atoms with E-state index < -0.39 is 11.9 Å². The molecule has 1 aromatic carbocycles. The molecule has 2 rings (SSSR count). The third-order valence-electron chi connectivity index (χ3n) is 4.23. The van der Waals surface area contributed by atoms with Gasteiger partial charge in [0.25, 0.3) is 5.91 Å². The van der Waals surface area contributed by atoms with E-state index in [0.29, 0.717) is 10.9 Å². The number of nitrogen functional groups attached to an aromatic ring is 1. The van der Waals surface area contributed by atoms with Crippen molar-refractivity contribution in [3.63, 3.8) is 0 Å². The molecule has 0 aliphatic heterocycles. The highest BCUT2D eigenvalue weighted by atomic mass is 35.5. The van der Waals surface area contributed by atoms with E-state index in [4.69, 9.17) is 22.2 Å². The van der Waals surface area contributed by atoms with Crippen molar-refractivity contribution in [3.8, 4) is 0 Å². The first-order valence-electron chi connectivity index (χ1n) is 7.55. The highest BCUT2D eigenvalue weighted by molar-refractivity contribution is 6.31. The molecule has 120 valence electrons. The molecule has 0 unspecified atom stereocenters. The molecule has 0 heterocycles. The van der Waals surface area contributed by atoms with Crippen LogP contribution in [0.2, 0.25) is 5.02 Å². The van der Waals surface area contributed by atoms with Crippen molar-refractivity contribution in [1.29, 1.82) is 0 Å². The number of nitrogens with one attached hydrogen (secondary N) is 1. The topological polar surface area (TPSA) is 81.4 Å². The number of hydrogen-bond acceptors (Lipinski definition) is 4. The number of anilines is 1. The molecular formula is C16H21ClN2O3. The summed E-state index contributed by atoms with van der Waals surface area (Å²) in [5.74, 6) is -0.854. The molecule has 0 radical (unpaired) electrons. The maximum absolute atomic E-state index is 12.0. The van der Waals surface area contributed by atoms with Crippen molar-refractivity contribution in [3.05, 3.63) is 28.8 Å². The number of benzene rings is 1. The van der Waals surface area contributed by atoms with Gasteiger partial charge in [-0.05, 0) is 37.0 Å². The number of carbonyl (C=O) groups is 2. The fraction of sp³-hybridized carbons (Fsp3) is 0.500. The number of halogens is 1. The van der Waals surface area contributed by atoms with Gasteiger partial charge >= 0.3 is 5.97 Å². The van der Waals surface area contributed by atoms with Crippen LogP contribution in [0.5, 0.6) is 0 Å². The molecule has 1 aliphatic rings. The van der Waals surface area contributed by atoms with E-state index in [-0.39, 0.29) is 17.2 Å². The number of hydroxylamine groups is 1. The van der Waals surface area contributed by atoms with Crippen molar-refractivity contribution in [2.75, 3.05) is 5.73 Å². The van der Waals surface area contributed by atoms with E-state index in [1.54, 1.807) is 6.07 Å². The van der Waals surface area contributed by atoms with Crippen molar-refractivity contribution < 1.29 is 14.4 Å². The second-order valence-electron chi connectivity index (χ2n) is 5.77. The van der Waals surface area contributed by atoms with Crippen LogP contribution in [0.1, 0.15) is 49.4 Å². The lowest BCUT2D eigenvalue weighted by Crippen LogP contribution is -2.33. The number of amides is 1. The molecule has 1 saturated carbocycles. The lowest BCUT2D eigenvalue weighted by Gasteiger charge is -2.25. The fourth-order valence-electron chi connectivity index (χ4n) is 2.81. The van der Waals surface area contributed by atoms with Crippen LogP contribution in [0.4, 0.5) is 5.69 Å². The van der Waals surface area contributed by atoms with E-state index in [0.717, 1.165) is 25.7 Å². The largest absolute Gasteiger partial charge is 0.398 e. The van der Waals surface area contributed by atoms with Gasteiger partial charge in [0.05, 0.1) is 11.5 Å². The molecule has 22 heavy (non-hydrogen) atoms. The van der Waals surface area contributed by atoms with Gasteiger partial charge in [-0.2, -0.15) is 5.48 Å². The highest BCUT2D eigenvalue weighted by Gasteiger charge is 2.27. The van der Waals surface area contributed by atoms with Crippen molar-refractivity contribution in [2.24, 2.45) is 11.8 Å². The smallest absolute Gasteiger partial charge is 0.335 e. The van der Waals surface area contributed by atoms with E-state index in [2.05, 4.69) is 5.48 Å². The summed E-state index contributed by atoms with van der Waals surface area (Å²) in [6.45, 7) is 1.85. The van der Waals surface area contributed by atoms with Crippen LogP contribution >= 0.6 is 11.6 Å². The van der Waals surface area contributed by atoms with Gasteiger partial charge in [0.15, 0.2) is 0 Å². The van der Waals surface area contributed by atoms with Crippen LogP contribution in [0.15, 0.2) is 18.2 Å². The maximum atomic E-state index is 12.0. The number of hydrogen-bond donors (Lipinski definition) is 2. The molecule has 1 aliphatic carbocycles. The van der Waals surface area contributed by atoms with Gasteiger partial charge < -0.3 is 10.6 Å². The summed E-state index contributed by atoms with van der Waals surface area (Å²) in [5, 5.41) is 0.442. The Balaban J connectivity index is 1.88. The Morgan fingerprint density at radius 2 is 2.00 bits per heavy atom. The Kier molecular flexibility index (Phi) is 5.66. The zero-order chi connectivity index (χ0) is 16.1. The SMILES string of the molecule is C[C@H](C(=O)ONC(=O)c1ccc(Cl)cc1N)C1CCCCC1. The molecule has 3 N–H and O–H groups in total. The number of rotatable bonds is 3. The summed E-state index contributed by atoms with van der Waals surface area (Å²) >= 11 is 5.78. The summed E-state index contributed by atoms with van der Waals surface area (Å²) in [7, 11) is 0. The Morgan fingerprint density at radius 1 is 1.32 bits per heavy atom. The summed E-state index contributed by atoms with van der Waals surface area (Å²) in [5.41, 5.74) is 8.35. The van der Waals surface area contributed by atoms with E-state index in [1.807, 2.05) is 6.92 Å². The van der Waals surface area contributed by atoms with Gasteiger partial charge in [-0.25, -0.2) is 4.79 Å². The molecule has 5 nitrogen and oxygen atoms in total. The van der Waals surface area contributed by atoms with E-state index >= 15 is 0 Å². The maximum Gasteiger partial charge on any atom is 0.335 e. The minimum absolute atomic E-state index is 0.219. The second kappa shape index (κ2) is 7.49. The molecule has 0 spiro atoms. The molecule has 0 aromatic heterocycles. The molecule has 0 saturated heterocycles. The zero-order valence-electron chi connectivity index (χ0n) is 12.6. The van der Waals surface area contributed by atoms with Gasteiger partial charge in [-0.1, -0.05) is 37.8 Å². The zero-order valence-corrected chi connectivity index (χ0v) is 13.4. The van der Waals surface area contributed by atoms with Crippen LogP contribution < -0.4 is 11.2 Å². The minimum atomic E-state index is -0.557. The first-order valence-corrected chi connectivity index (χ1v) is 7.93. The predicted molar refractivity (Wildman–Crippen MR) is 85.2 cm³/mol. The highest BCUT2D eigenvalue weighted by Crippen LogP contribution is 2.30. The van der Waals surface area contributed by atoms with Crippen molar-refractivity contribution >= 4 is 29.2 Å². The number of carbonyl (C=O) groups excluding carboxylic acids is 2. The van der Waals surface area contributed by atoms with Crippen LogP contribution in [0.3, 0.4) is 0 Å². The Hall–Kier alpha value is -1.75. The summed E-state index contributed by atoms with van der Waals surface area (Å²) in [6.07, 6.45) is 5.60. The molecule has 1 atom stereocenters. The summed E-state index contributed by atoms with van der Waals surface area (Å²) in [4.78, 5) is 28.9. The number of nitrogens with two attached hydrogens (primary N) is 1. The summed E-state index contributed by atoms with van der Waals surface area (Å²) < 4.78 is 0. The minimum Gasteiger partial charge on any atom is -0.398 e. The molecule has 1 amide bonds. The first kappa shape index (κ1) is 16.6. The Morgan fingerprint density at radius 3 is 2.64 bits per heavy atom. The van der Waals surface area contributed by atoms with Crippen LogP contribution in [-0.2, 0) is 9.63 Å². The second-order valence-corrected chi connectivity index (χ2v) is 6.21.